The maximum Gasteiger partial charge on any atom is 0.514 e. The van der Waals surface area contributed by atoms with Gasteiger partial charge >= 0.3 is 12.3 Å². The van der Waals surface area contributed by atoms with E-state index in [1.165, 1.54) is 0 Å². The fourth-order valence-corrected chi connectivity index (χ4v) is 6.63. The average Bonchev–Trinajstić information content (AvgIpc) is 3.06. The second kappa shape index (κ2) is 17.8. The minimum absolute atomic E-state index is 0.364. The van der Waals surface area contributed by atoms with E-state index in [9.17, 15) is 9.59 Å². The van der Waals surface area contributed by atoms with Crippen molar-refractivity contribution >= 4 is 40.6 Å². The molecular weight excluding hydrogens is 721 g/mol. The first-order valence-electron chi connectivity index (χ1n) is 18.8. The molecular formula is C46H58O7Si2. The highest BCUT2D eigenvalue weighted by Crippen LogP contribution is 2.38. The summed E-state index contributed by atoms with van der Waals surface area (Å²) < 4.78 is 28.9. The lowest BCUT2D eigenvalue weighted by Gasteiger charge is -2.27. The van der Waals surface area contributed by atoms with Gasteiger partial charge in [0, 0.05) is 0 Å². The van der Waals surface area contributed by atoms with Crippen molar-refractivity contribution in [1.82, 2.24) is 0 Å². The molecule has 0 fully saturated rings. The third-order valence-corrected chi connectivity index (χ3v) is 10.2. The maximum atomic E-state index is 12.4. The molecule has 9 heteroatoms. The average molecular weight is 779 g/mol. The van der Waals surface area contributed by atoms with E-state index in [1.54, 1.807) is 65.8 Å². The molecule has 0 bridgehead atoms. The number of benzene rings is 4. The number of ether oxygens (including phenoxy) is 5. The largest absolute Gasteiger partial charge is 0.514 e. The van der Waals surface area contributed by atoms with E-state index in [0.717, 1.165) is 33.4 Å². The zero-order chi connectivity index (χ0) is 40.6. The molecule has 7 nitrogen and oxygen atoms in total. The zero-order valence-electron chi connectivity index (χ0n) is 34.6. The summed E-state index contributed by atoms with van der Waals surface area (Å²) in [7, 11) is -2.77. The van der Waals surface area contributed by atoms with Crippen LogP contribution in [0.5, 0.6) is 11.5 Å². The maximum absolute atomic E-state index is 12.4. The van der Waals surface area contributed by atoms with Crippen LogP contribution >= 0.6 is 0 Å². The Hall–Kier alpha value is -4.71. The van der Waals surface area contributed by atoms with E-state index >= 15 is 0 Å². The Bertz CT molecular complexity index is 1780. The van der Waals surface area contributed by atoms with Crippen molar-refractivity contribution in [2.75, 3.05) is 0 Å². The van der Waals surface area contributed by atoms with Crippen LogP contribution in [-0.4, -0.2) is 39.7 Å². The SMILES string of the molecule is CC(C)(C)OC(=O)Oc1ccc(C(OC(c2ccc(C=C[Si](C)(C)C)cc2)c2ccc(OC(=O)OC(C)(C)C)cc2)c2ccc(C=C[Si](C)(C)C)cc2)cc1. The molecule has 0 aliphatic heterocycles. The minimum Gasteiger partial charge on any atom is -0.428 e. The number of hydrogen-bond acceptors (Lipinski definition) is 7. The molecule has 0 aromatic heterocycles. The van der Waals surface area contributed by atoms with E-state index in [0.29, 0.717) is 11.5 Å². The van der Waals surface area contributed by atoms with Gasteiger partial charge in [-0.25, -0.2) is 9.59 Å². The summed E-state index contributed by atoms with van der Waals surface area (Å²) in [4.78, 5) is 24.8. The first-order valence-corrected chi connectivity index (χ1v) is 25.9. The third-order valence-electron chi connectivity index (χ3n) is 7.85. The van der Waals surface area contributed by atoms with Gasteiger partial charge in [0.05, 0.1) is 16.1 Å². The van der Waals surface area contributed by atoms with Gasteiger partial charge in [-0.05, 0) is 99.2 Å². The number of hydrogen-bond donors (Lipinski definition) is 0. The van der Waals surface area contributed by atoms with Crippen LogP contribution in [0.15, 0.2) is 108 Å². The van der Waals surface area contributed by atoms with Crippen LogP contribution < -0.4 is 9.47 Å². The van der Waals surface area contributed by atoms with Crippen LogP contribution in [0.4, 0.5) is 9.59 Å². The minimum atomic E-state index is -1.39. The Morgan fingerprint density at radius 1 is 0.473 bits per heavy atom. The van der Waals surface area contributed by atoms with Gasteiger partial charge in [0.1, 0.15) is 34.9 Å². The molecule has 55 heavy (non-hydrogen) atoms. The highest BCUT2D eigenvalue weighted by molar-refractivity contribution is 6.81. The molecule has 0 aliphatic rings. The Kier molecular flexibility index (Phi) is 14.0. The first-order chi connectivity index (χ1) is 25.5. The summed E-state index contributed by atoms with van der Waals surface area (Å²) in [6, 6.07) is 31.4. The van der Waals surface area contributed by atoms with Crippen LogP contribution in [0.25, 0.3) is 12.2 Å². The highest BCUT2D eigenvalue weighted by atomic mass is 28.3. The van der Waals surface area contributed by atoms with Gasteiger partial charge in [0.25, 0.3) is 0 Å². The lowest BCUT2D eigenvalue weighted by molar-refractivity contribution is 0.0193. The molecule has 2 unspecified atom stereocenters. The number of carbonyl (C=O) groups excluding carboxylic acids is 2. The Morgan fingerprint density at radius 3 is 1.00 bits per heavy atom. The normalized spacial score (nSPS) is 13.7. The van der Waals surface area contributed by atoms with Gasteiger partial charge in [-0.15, -0.1) is 0 Å². The van der Waals surface area contributed by atoms with Gasteiger partial charge in [0.2, 0.25) is 0 Å². The van der Waals surface area contributed by atoms with Crippen molar-refractivity contribution in [3.05, 3.63) is 142 Å². The molecule has 0 heterocycles. The quantitative estimate of drug-likeness (QED) is 0.0805. The molecule has 0 aliphatic carbocycles. The summed E-state index contributed by atoms with van der Waals surface area (Å²) in [6.07, 6.45) is 1.82. The van der Waals surface area contributed by atoms with E-state index in [-0.39, 0.29) is 0 Å². The Balaban J connectivity index is 1.76. The lowest BCUT2D eigenvalue weighted by atomic mass is 9.96. The molecule has 4 rings (SSSR count). The van der Waals surface area contributed by atoms with Crippen molar-refractivity contribution in [1.29, 1.82) is 0 Å². The molecule has 4 aromatic carbocycles. The van der Waals surface area contributed by atoms with Crippen LogP contribution in [0, 0.1) is 0 Å². The zero-order valence-corrected chi connectivity index (χ0v) is 36.6. The summed E-state index contributed by atoms with van der Waals surface area (Å²) in [6.45, 7) is 24.6. The molecule has 2 atom stereocenters. The van der Waals surface area contributed by atoms with Crippen LogP contribution in [-0.2, 0) is 14.2 Å². The van der Waals surface area contributed by atoms with Gasteiger partial charge in [-0.3, -0.25) is 0 Å². The molecule has 0 amide bonds. The smallest absolute Gasteiger partial charge is 0.428 e. The first kappa shape index (κ1) is 43.0. The molecule has 292 valence electrons. The van der Waals surface area contributed by atoms with Crippen molar-refractivity contribution in [3.8, 4) is 11.5 Å². The van der Waals surface area contributed by atoms with Gasteiger partial charge in [-0.1, -0.05) is 136 Å². The summed E-state index contributed by atoms with van der Waals surface area (Å²) in [5.41, 5.74) is 9.18. The van der Waals surface area contributed by atoms with Gasteiger partial charge in [0.15, 0.2) is 0 Å². The van der Waals surface area contributed by atoms with E-state index in [4.69, 9.17) is 23.7 Å². The van der Waals surface area contributed by atoms with E-state index in [1.807, 2.05) is 24.3 Å². The summed E-state index contributed by atoms with van der Waals surface area (Å²) >= 11 is 0. The topological polar surface area (TPSA) is 80.3 Å². The van der Waals surface area contributed by atoms with Crippen molar-refractivity contribution in [2.45, 2.75) is 104 Å². The van der Waals surface area contributed by atoms with Crippen LogP contribution in [0.2, 0.25) is 39.3 Å². The second-order valence-corrected chi connectivity index (χ2v) is 28.0. The van der Waals surface area contributed by atoms with Gasteiger partial charge < -0.3 is 23.7 Å². The third kappa shape index (κ3) is 15.2. The van der Waals surface area contributed by atoms with Crippen LogP contribution in [0.1, 0.15) is 87.1 Å². The summed E-state index contributed by atoms with van der Waals surface area (Å²) in [5, 5.41) is 0. The van der Waals surface area contributed by atoms with Gasteiger partial charge in [-0.2, -0.15) is 0 Å². The molecule has 0 radical (unpaired) electrons. The predicted octanol–water partition coefficient (Wildman–Crippen LogP) is 13.0. The number of carbonyl (C=O) groups is 2. The monoisotopic (exact) mass is 778 g/mol. The lowest BCUT2D eigenvalue weighted by Crippen LogP contribution is -2.26. The Morgan fingerprint density at radius 2 is 0.745 bits per heavy atom. The molecule has 0 spiro atoms. The predicted molar refractivity (Wildman–Crippen MR) is 229 cm³/mol. The number of rotatable bonds is 12. The Labute approximate surface area is 330 Å². The molecule has 0 N–H and O–H groups in total. The van der Waals surface area contributed by atoms with Crippen molar-refractivity contribution < 1.29 is 33.3 Å². The van der Waals surface area contributed by atoms with Crippen molar-refractivity contribution in [2.24, 2.45) is 0 Å². The fraction of sp³-hybridized carbons (Fsp3) is 0.348. The van der Waals surface area contributed by atoms with Crippen molar-refractivity contribution in [3.63, 3.8) is 0 Å². The molecule has 0 saturated carbocycles. The molecule has 0 saturated heterocycles. The van der Waals surface area contributed by atoms with Crippen LogP contribution in [0.3, 0.4) is 0 Å². The molecule has 4 aromatic rings. The van der Waals surface area contributed by atoms with E-state index in [2.05, 4.69) is 111 Å². The second-order valence-electron chi connectivity index (χ2n) is 17.9. The fourth-order valence-electron chi connectivity index (χ4n) is 5.25. The standard InChI is InChI=1S/C46H58O7Si2/c1-45(2,3)52-43(47)49-39-25-21-37(22-26-39)41(35-17-13-33(14-18-35)29-31-54(7,8)9)51-42(36-19-15-34(16-20-36)30-32-55(10,11)12)38-23-27-40(28-24-38)50-44(48)53-46(4,5)6/h13-32,41-42H,1-12H3. The highest BCUT2D eigenvalue weighted by Gasteiger charge is 2.25. The van der Waals surface area contributed by atoms with E-state index < -0.39 is 51.9 Å². The summed E-state index contributed by atoms with van der Waals surface area (Å²) in [5.74, 6) is 0.727.